The van der Waals surface area contributed by atoms with E-state index in [0.29, 0.717) is 48.3 Å². The zero-order valence-electron chi connectivity index (χ0n) is 19.3. The maximum atomic E-state index is 13.7. The number of aryl methyl sites for hydroxylation is 1. The van der Waals surface area contributed by atoms with Crippen molar-refractivity contribution in [2.24, 2.45) is 0 Å². The van der Waals surface area contributed by atoms with Gasteiger partial charge in [0.05, 0.1) is 11.5 Å². The molecule has 0 aliphatic carbocycles. The molecule has 1 aliphatic heterocycles. The van der Waals surface area contributed by atoms with Gasteiger partial charge in [0.25, 0.3) is 0 Å². The molecule has 180 valence electrons. The van der Waals surface area contributed by atoms with E-state index in [4.69, 9.17) is 18.6 Å². The van der Waals surface area contributed by atoms with Crippen LogP contribution in [-0.4, -0.2) is 33.2 Å². The molecule has 1 N–H and O–H groups in total. The van der Waals surface area contributed by atoms with Gasteiger partial charge in [-0.05, 0) is 61.9 Å². The number of hydrogen-bond donors (Lipinski definition) is 1. The van der Waals surface area contributed by atoms with Gasteiger partial charge in [-0.3, -0.25) is 0 Å². The number of nitrogens with zero attached hydrogens (tertiary/aromatic N) is 1. The fourth-order valence-corrected chi connectivity index (χ4v) is 5.00. The topological polar surface area (TPSA) is 99.9 Å². The van der Waals surface area contributed by atoms with Crippen molar-refractivity contribution in [3.8, 4) is 28.7 Å². The monoisotopic (exact) mass is 492 g/mol. The second kappa shape index (κ2) is 9.34. The van der Waals surface area contributed by atoms with E-state index in [-0.39, 0.29) is 21.7 Å². The highest BCUT2D eigenvalue weighted by Gasteiger charge is 2.30. The molecule has 0 saturated heterocycles. The summed E-state index contributed by atoms with van der Waals surface area (Å²) in [7, 11) is -4.07. The molecule has 2 heterocycles. The van der Waals surface area contributed by atoms with Crippen molar-refractivity contribution in [2.45, 2.75) is 23.8 Å². The molecule has 35 heavy (non-hydrogen) atoms. The van der Waals surface area contributed by atoms with Crippen LogP contribution in [0.4, 0.5) is 11.6 Å². The molecule has 3 aromatic carbocycles. The van der Waals surface area contributed by atoms with Gasteiger partial charge in [0, 0.05) is 17.3 Å². The van der Waals surface area contributed by atoms with E-state index in [0.717, 1.165) is 5.56 Å². The number of aromatic nitrogens is 1. The maximum Gasteiger partial charge on any atom is 0.238 e. The summed E-state index contributed by atoms with van der Waals surface area (Å²) < 4.78 is 50.0. The molecule has 4 aromatic rings. The van der Waals surface area contributed by atoms with Crippen molar-refractivity contribution in [3.63, 3.8) is 0 Å². The smallest absolute Gasteiger partial charge is 0.238 e. The minimum atomic E-state index is -4.07. The Morgan fingerprint density at radius 1 is 0.971 bits per heavy atom. The molecule has 0 spiro atoms. The first-order valence-electron chi connectivity index (χ1n) is 11.2. The molecule has 9 heteroatoms. The van der Waals surface area contributed by atoms with E-state index < -0.39 is 9.84 Å². The lowest BCUT2D eigenvalue weighted by Crippen LogP contribution is -2.16. The van der Waals surface area contributed by atoms with Crippen LogP contribution in [-0.2, 0) is 9.84 Å². The number of sulfone groups is 1. The van der Waals surface area contributed by atoms with Crippen molar-refractivity contribution in [1.82, 2.24) is 4.98 Å². The lowest BCUT2D eigenvalue weighted by atomic mass is 10.1. The van der Waals surface area contributed by atoms with Crippen molar-refractivity contribution < 1.29 is 27.0 Å². The fourth-order valence-electron chi connectivity index (χ4n) is 3.73. The lowest BCUT2D eigenvalue weighted by Gasteiger charge is -2.18. The van der Waals surface area contributed by atoms with Gasteiger partial charge in [-0.1, -0.05) is 18.2 Å². The normalized spacial score (nSPS) is 12.9. The van der Waals surface area contributed by atoms with Gasteiger partial charge in [0.1, 0.15) is 19.0 Å². The van der Waals surface area contributed by atoms with Gasteiger partial charge < -0.3 is 23.9 Å². The number of nitrogens with one attached hydrogen (secondary N) is 1. The standard InChI is InChI=1S/C26H24N2O6S/c1-3-31-19-10-8-18(9-11-19)27-25-26(28-24(34-25)21-7-5-4-6-17(21)2)35(29,30)20-12-13-22-23(16-20)33-15-14-32-22/h4-13,16,27H,3,14-15H2,1-2H3. The number of anilines is 2. The summed E-state index contributed by atoms with van der Waals surface area (Å²) >= 11 is 0. The number of oxazole rings is 1. The van der Waals surface area contributed by atoms with Crippen LogP contribution in [0.25, 0.3) is 11.5 Å². The Hall–Kier alpha value is -3.98. The molecular formula is C26H24N2O6S. The van der Waals surface area contributed by atoms with Crippen LogP contribution in [0.5, 0.6) is 17.2 Å². The van der Waals surface area contributed by atoms with Crippen LogP contribution >= 0.6 is 0 Å². The molecule has 0 saturated carbocycles. The number of rotatable bonds is 7. The predicted molar refractivity (Wildman–Crippen MR) is 130 cm³/mol. The molecule has 0 bridgehead atoms. The van der Waals surface area contributed by atoms with Crippen molar-refractivity contribution >= 4 is 21.4 Å². The third-order valence-corrected chi connectivity index (χ3v) is 7.13. The van der Waals surface area contributed by atoms with Gasteiger partial charge >= 0.3 is 0 Å². The average Bonchev–Trinajstić information content (AvgIpc) is 3.29. The molecule has 1 aromatic heterocycles. The first-order chi connectivity index (χ1) is 17.0. The highest BCUT2D eigenvalue weighted by atomic mass is 32.2. The van der Waals surface area contributed by atoms with Crippen LogP contribution in [0.15, 0.2) is 81.1 Å². The molecule has 5 rings (SSSR count). The van der Waals surface area contributed by atoms with E-state index in [1.165, 1.54) is 12.1 Å². The number of benzene rings is 3. The third kappa shape index (κ3) is 4.54. The Morgan fingerprint density at radius 3 is 2.46 bits per heavy atom. The van der Waals surface area contributed by atoms with Crippen LogP contribution < -0.4 is 19.5 Å². The summed E-state index contributed by atoms with van der Waals surface area (Å²) in [5.41, 5.74) is 2.23. The minimum Gasteiger partial charge on any atom is -0.494 e. The average molecular weight is 493 g/mol. The zero-order valence-corrected chi connectivity index (χ0v) is 20.1. The Labute approximate surface area is 203 Å². The summed E-state index contributed by atoms with van der Waals surface area (Å²) in [4.78, 5) is 4.46. The second-order valence-electron chi connectivity index (χ2n) is 7.86. The van der Waals surface area contributed by atoms with Crippen molar-refractivity contribution in [2.75, 3.05) is 25.1 Å². The predicted octanol–water partition coefficient (Wildman–Crippen LogP) is 5.40. The Balaban J connectivity index is 1.58. The summed E-state index contributed by atoms with van der Waals surface area (Å²) in [5.74, 6) is 1.81. The van der Waals surface area contributed by atoms with Gasteiger partial charge in [-0.15, -0.1) is 0 Å². The van der Waals surface area contributed by atoms with Gasteiger partial charge in [-0.2, -0.15) is 4.98 Å². The van der Waals surface area contributed by atoms with E-state index in [1.807, 2.05) is 38.1 Å². The van der Waals surface area contributed by atoms with Crippen LogP contribution in [0.3, 0.4) is 0 Å². The second-order valence-corrected chi connectivity index (χ2v) is 9.72. The number of ether oxygens (including phenoxy) is 3. The Bertz CT molecular complexity index is 1460. The Kier molecular flexibility index (Phi) is 6.08. The molecule has 1 aliphatic rings. The van der Waals surface area contributed by atoms with Crippen molar-refractivity contribution in [3.05, 3.63) is 72.3 Å². The van der Waals surface area contributed by atoms with E-state index in [1.54, 1.807) is 30.3 Å². The van der Waals surface area contributed by atoms with Crippen LogP contribution in [0, 0.1) is 6.92 Å². The van der Waals surface area contributed by atoms with Crippen molar-refractivity contribution in [1.29, 1.82) is 0 Å². The molecular weight excluding hydrogens is 468 g/mol. The summed E-state index contributed by atoms with van der Waals surface area (Å²) in [5, 5.41) is 2.85. The highest BCUT2D eigenvalue weighted by Crippen LogP contribution is 2.38. The first-order valence-corrected chi connectivity index (χ1v) is 12.7. The largest absolute Gasteiger partial charge is 0.494 e. The fraction of sp³-hybridized carbons (Fsp3) is 0.192. The van der Waals surface area contributed by atoms with Gasteiger partial charge in [-0.25, -0.2) is 8.42 Å². The Morgan fingerprint density at radius 2 is 1.71 bits per heavy atom. The minimum absolute atomic E-state index is 0.0160. The number of hydrogen-bond acceptors (Lipinski definition) is 8. The third-order valence-electron chi connectivity index (χ3n) is 5.47. The van der Waals surface area contributed by atoms with E-state index in [2.05, 4.69) is 10.3 Å². The van der Waals surface area contributed by atoms with E-state index in [9.17, 15) is 8.42 Å². The first kappa shape index (κ1) is 22.8. The molecule has 0 fully saturated rings. The SMILES string of the molecule is CCOc1ccc(Nc2oc(-c3ccccc3C)nc2S(=O)(=O)c2ccc3c(c2)OCCO3)cc1. The molecule has 0 radical (unpaired) electrons. The summed E-state index contributed by atoms with van der Waals surface area (Å²) in [6.45, 7) is 5.13. The summed E-state index contributed by atoms with van der Waals surface area (Å²) in [6.07, 6.45) is 0. The molecule has 8 nitrogen and oxygen atoms in total. The van der Waals surface area contributed by atoms with Gasteiger partial charge in [0.2, 0.25) is 26.6 Å². The summed E-state index contributed by atoms with van der Waals surface area (Å²) in [6, 6.07) is 19.1. The maximum absolute atomic E-state index is 13.7. The van der Waals surface area contributed by atoms with Crippen LogP contribution in [0.2, 0.25) is 0 Å². The zero-order chi connectivity index (χ0) is 24.4. The number of fused-ring (bicyclic) bond motifs is 1. The quantitative estimate of drug-likeness (QED) is 0.366. The highest BCUT2D eigenvalue weighted by molar-refractivity contribution is 7.91. The van der Waals surface area contributed by atoms with E-state index >= 15 is 0 Å². The lowest BCUT2D eigenvalue weighted by molar-refractivity contribution is 0.171. The van der Waals surface area contributed by atoms with Crippen LogP contribution in [0.1, 0.15) is 12.5 Å². The molecule has 0 atom stereocenters. The molecule has 0 amide bonds. The molecule has 0 unspecified atom stereocenters. The van der Waals surface area contributed by atoms with Gasteiger partial charge in [0.15, 0.2) is 11.5 Å².